The standard InChI is InChI=1S/C28H36N4O3/c1-18(2)32(8)26(33)24-17-19(3)22(16-20(24)4)10-9-15-30-23-13-11-21(12-14-23)25(29)31-27(34)35-28(5,6)7/h11-14,16-18,30H,15H2,1-8H3,(H2,29,31,34). The molecular formula is C28H36N4O3. The van der Waals surface area contributed by atoms with Gasteiger partial charge in [-0.1, -0.05) is 11.8 Å². The number of amidine groups is 1. The molecule has 0 unspecified atom stereocenters. The average molecular weight is 477 g/mol. The van der Waals surface area contributed by atoms with Gasteiger partial charge in [0.1, 0.15) is 11.4 Å². The molecule has 0 saturated heterocycles. The van der Waals surface area contributed by atoms with Gasteiger partial charge in [-0.15, -0.1) is 0 Å². The molecule has 7 heteroatoms. The minimum absolute atomic E-state index is 0.0135. The van der Waals surface area contributed by atoms with Crippen LogP contribution in [0.25, 0.3) is 0 Å². The van der Waals surface area contributed by atoms with Crippen LogP contribution in [0.4, 0.5) is 10.5 Å². The number of hydrogen-bond donors (Lipinski definition) is 3. The molecule has 0 heterocycles. The summed E-state index contributed by atoms with van der Waals surface area (Å²) in [6, 6.07) is 11.1. The topological polar surface area (TPSA) is 94.5 Å². The fourth-order valence-corrected chi connectivity index (χ4v) is 3.12. The Balaban J connectivity index is 1.98. The van der Waals surface area contributed by atoms with E-state index < -0.39 is 11.7 Å². The first-order valence-electron chi connectivity index (χ1n) is 11.6. The van der Waals surface area contributed by atoms with E-state index in [0.29, 0.717) is 17.7 Å². The number of rotatable bonds is 5. The highest BCUT2D eigenvalue weighted by atomic mass is 16.6. The van der Waals surface area contributed by atoms with Crippen LogP contribution in [0.1, 0.15) is 67.2 Å². The lowest BCUT2D eigenvalue weighted by Gasteiger charge is -2.22. The molecule has 2 amide bonds. The minimum Gasteiger partial charge on any atom is -0.444 e. The Hall–Kier alpha value is -3.79. The molecule has 0 spiro atoms. The number of benzene rings is 2. The molecule has 35 heavy (non-hydrogen) atoms. The van der Waals surface area contributed by atoms with Gasteiger partial charge in [0, 0.05) is 35.5 Å². The van der Waals surface area contributed by atoms with Crippen LogP contribution in [0.15, 0.2) is 36.4 Å². The van der Waals surface area contributed by atoms with Crippen LogP contribution in [0.2, 0.25) is 0 Å². The van der Waals surface area contributed by atoms with Gasteiger partial charge in [0.05, 0.1) is 6.54 Å². The van der Waals surface area contributed by atoms with Crippen LogP contribution in [-0.2, 0) is 4.74 Å². The lowest BCUT2D eigenvalue weighted by atomic mass is 9.99. The van der Waals surface area contributed by atoms with Crippen LogP contribution in [0, 0.1) is 31.1 Å². The van der Waals surface area contributed by atoms with Crippen molar-refractivity contribution < 1.29 is 14.3 Å². The van der Waals surface area contributed by atoms with Crippen molar-refractivity contribution in [2.24, 2.45) is 0 Å². The fourth-order valence-electron chi connectivity index (χ4n) is 3.12. The van der Waals surface area contributed by atoms with Crippen LogP contribution >= 0.6 is 0 Å². The van der Waals surface area contributed by atoms with Crippen molar-refractivity contribution >= 4 is 23.5 Å². The van der Waals surface area contributed by atoms with Crippen molar-refractivity contribution in [2.45, 2.75) is 60.1 Å². The molecule has 0 aliphatic rings. The molecule has 0 bridgehead atoms. The van der Waals surface area contributed by atoms with E-state index >= 15 is 0 Å². The molecule has 0 radical (unpaired) electrons. The van der Waals surface area contributed by atoms with Gasteiger partial charge in [-0.05, 0) is 96.0 Å². The molecule has 3 N–H and O–H groups in total. The maximum absolute atomic E-state index is 12.7. The predicted octanol–water partition coefficient (Wildman–Crippen LogP) is 5.10. The monoisotopic (exact) mass is 476 g/mol. The first-order valence-corrected chi connectivity index (χ1v) is 11.6. The summed E-state index contributed by atoms with van der Waals surface area (Å²) >= 11 is 0. The fraction of sp³-hybridized carbons (Fsp3) is 0.393. The lowest BCUT2D eigenvalue weighted by molar-refractivity contribution is 0.0562. The van der Waals surface area contributed by atoms with E-state index in [-0.39, 0.29) is 17.8 Å². The van der Waals surface area contributed by atoms with Crippen molar-refractivity contribution in [3.05, 3.63) is 64.2 Å². The molecule has 2 aromatic carbocycles. The molecule has 7 nitrogen and oxygen atoms in total. The van der Waals surface area contributed by atoms with Gasteiger partial charge in [0.25, 0.3) is 5.91 Å². The second-order valence-electron chi connectivity index (χ2n) is 9.73. The lowest BCUT2D eigenvalue weighted by Crippen LogP contribution is -2.36. The van der Waals surface area contributed by atoms with Gasteiger partial charge in [-0.2, -0.15) is 0 Å². The SMILES string of the molecule is Cc1cc(C(=O)N(C)C(C)C)c(C)cc1C#CCNc1ccc(C(=N)NC(=O)OC(C)(C)C)cc1. The maximum Gasteiger partial charge on any atom is 0.413 e. The number of alkyl carbamates (subject to hydrolysis) is 1. The molecule has 0 aliphatic carbocycles. The number of anilines is 1. The van der Waals surface area contributed by atoms with Gasteiger partial charge in [0.2, 0.25) is 0 Å². The van der Waals surface area contributed by atoms with Crippen molar-refractivity contribution in [3.63, 3.8) is 0 Å². The summed E-state index contributed by atoms with van der Waals surface area (Å²) in [6.45, 7) is 13.6. The second kappa shape index (κ2) is 11.6. The average Bonchev–Trinajstić information content (AvgIpc) is 2.76. The summed E-state index contributed by atoms with van der Waals surface area (Å²) in [4.78, 5) is 26.3. The normalized spacial score (nSPS) is 10.8. The molecular weight excluding hydrogens is 440 g/mol. The van der Waals surface area contributed by atoms with E-state index in [1.165, 1.54) is 0 Å². The maximum atomic E-state index is 12.7. The van der Waals surface area contributed by atoms with E-state index in [0.717, 1.165) is 22.4 Å². The Morgan fingerprint density at radius 2 is 1.71 bits per heavy atom. The van der Waals surface area contributed by atoms with Gasteiger partial charge >= 0.3 is 6.09 Å². The summed E-state index contributed by atoms with van der Waals surface area (Å²) in [7, 11) is 1.81. The number of carbonyl (C=O) groups excluding carboxylic acids is 2. The van der Waals surface area contributed by atoms with Crippen molar-refractivity contribution in [2.75, 3.05) is 18.9 Å². The van der Waals surface area contributed by atoms with Gasteiger partial charge in [-0.3, -0.25) is 15.5 Å². The Morgan fingerprint density at radius 1 is 1.09 bits per heavy atom. The number of nitrogens with zero attached hydrogens (tertiary/aromatic N) is 1. The highest BCUT2D eigenvalue weighted by Crippen LogP contribution is 2.18. The van der Waals surface area contributed by atoms with E-state index in [9.17, 15) is 9.59 Å². The zero-order valence-electron chi connectivity index (χ0n) is 21.9. The highest BCUT2D eigenvalue weighted by Gasteiger charge is 2.18. The predicted molar refractivity (Wildman–Crippen MR) is 141 cm³/mol. The summed E-state index contributed by atoms with van der Waals surface area (Å²) in [6.07, 6.45) is -0.658. The zero-order valence-corrected chi connectivity index (χ0v) is 21.9. The van der Waals surface area contributed by atoms with Crippen LogP contribution in [0.5, 0.6) is 0 Å². The second-order valence-corrected chi connectivity index (χ2v) is 9.73. The summed E-state index contributed by atoms with van der Waals surface area (Å²) in [5.74, 6) is 6.28. The van der Waals surface area contributed by atoms with Gasteiger partial charge in [0.15, 0.2) is 0 Å². The molecule has 0 aliphatic heterocycles. The molecule has 0 fully saturated rings. The molecule has 186 valence electrons. The van der Waals surface area contributed by atoms with Crippen LogP contribution in [0.3, 0.4) is 0 Å². The van der Waals surface area contributed by atoms with Crippen molar-refractivity contribution in [1.82, 2.24) is 10.2 Å². The molecule has 0 atom stereocenters. The smallest absolute Gasteiger partial charge is 0.413 e. The highest BCUT2D eigenvalue weighted by molar-refractivity contribution is 6.04. The first kappa shape index (κ1) is 27.5. The Morgan fingerprint density at radius 3 is 2.29 bits per heavy atom. The number of hydrogen-bond acceptors (Lipinski definition) is 5. The molecule has 2 aromatic rings. The largest absolute Gasteiger partial charge is 0.444 e. The summed E-state index contributed by atoms with van der Waals surface area (Å²) < 4.78 is 5.17. The van der Waals surface area contributed by atoms with E-state index in [2.05, 4.69) is 22.5 Å². The quantitative estimate of drug-likeness (QED) is 0.318. The zero-order chi connectivity index (χ0) is 26.3. The van der Waals surface area contributed by atoms with E-state index in [4.69, 9.17) is 10.1 Å². The number of carbonyl (C=O) groups is 2. The van der Waals surface area contributed by atoms with Crippen LogP contribution in [-0.4, -0.2) is 48.0 Å². The third kappa shape index (κ3) is 8.18. The first-order chi connectivity index (χ1) is 16.3. The van der Waals surface area contributed by atoms with Crippen molar-refractivity contribution in [3.8, 4) is 11.8 Å². The number of amides is 2. The van der Waals surface area contributed by atoms with Crippen LogP contribution < -0.4 is 10.6 Å². The summed E-state index contributed by atoms with van der Waals surface area (Å²) in [5.41, 5.74) is 4.25. The third-order valence-corrected chi connectivity index (χ3v) is 5.30. The number of ether oxygens (including phenoxy) is 1. The number of aryl methyl sites for hydroxylation is 2. The Bertz CT molecular complexity index is 1150. The molecule has 2 rings (SSSR count). The third-order valence-electron chi connectivity index (χ3n) is 5.30. The Labute approximate surface area is 208 Å². The Kier molecular flexibility index (Phi) is 9.07. The van der Waals surface area contributed by atoms with Gasteiger partial charge in [-0.25, -0.2) is 4.79 Å². The van der Waals surface area contributed by atoms with E-state index in [1.54, 1.807) is 37.8 Å². The van der Waals surface area contributed by atoms with Crippen molar-refractivity contribution in [1.29, 1.82) is 5.41 Å². The molecule has 0 saturated carbocycles. The van der Waals surface area contributed by atoms with Gasteiger partial charge < -0.3 is 15.0 Å². The summed E-state index contributed by atoms with van der Waals surface area (Å²) in [5, 5.41) is 13.7. The molecule has 0 aromatic heterocycles. The number of nitrogens with one attached hydrogen (secondary N) is 3. The van der Waals surface area contributed by atoms with E-state index in [1.807, 2.05) is 59.0 Å². The minimum atomic E-state index is -0.658.